The van der Waals surface area contributed by atoms with Crippen molar-refractivity contribution in [3.05, 3.63) is 35.4 Å². The minimum Gasteiger partial charge on any atom is -0.379 e. The second-order valence-corrected chi connectivity index (χ2v) is 6.25. The fourth-order valence-electron chi connectivity index (χ4n) is 2.95. The molecule has 1 saturated carbocycles. The van der Waals surface area contributed by atoms with Gasteiger partial charge in [-0.3, -0.25) is 0 Å². The third-order valence-corrected chi connectivity index (χ3v) is 4.23. The van der Waals surface area contributed by atoms with Crippen molar-refractivity contribution in [1.29, 1.82) is 0 Å². The van der Waals surface area contributed by atoms with E-state index in [1.165, 1.54) is 32.1 Å². The Hall–Kier alpha value is -0.860. The van der Waals surface area contributed by atoms with Crippen molar-refractivity contribution in [2.75, 3.05) is 19.8 Å². The van der Waals surface area contributed by atoms with E-state index in [4.69, 9.17) is 15.2 Å². The second-order valence-electron chi connectivity index (χ2n) is 6.25. The average Bonchev–Trinajstić information content (AvgIpc) is 2.61. The van der Waals surface area contributed by atoms with Crippen LogP contribution in [-0.2, 0) is 22.6 Å². The molecule has 0 aliphatic heterocycles. The van der Waals surface area contributed by atoms with E-state index in [0.29, 0.717) is 38.4 Å². The smallest absolute Gasteiger partial charge is 0.189 e. The Labute approximate surface area is 168 Å². The molecule has 0 unspecified atom stereocenters. The SMILES string of the molecule is CCOCCOCc1cccc(CN=C(N)NC2CCCCC2)c1.I. The number of hydrogen-bond acceptors (Lipinski definition) is 3. The van der Waals surface area contributed by atoms with Crippen molar-refractivity contribution in [2.45, 2.75) is 58.2 Å². The van der Waals surface area contributed by atoms with Gasteiger partial charge in [0.15, 0.2) is 5.96 Å². The molecule has 3 N–H and O–H groups in total. The van der Waals surface area contributed by atoms with Gasteiger partial charge in [0.2, 0.25) is 0 Å². The van der Waals surface area contributed by atoms with Gasteiger partial charge in [-0.15, -0.1) is 24.0 Å². The molecule has 1 aromatic rings. The van der Waals surface area contributed by atoms with Crippen LogP contribution in [-0.4, -0.2) is 31.8 Å². The fraction of sp³-hybridized carbons (Fsp3) is 0.632. The third-order valence-electron chi connectivity index (χ3n) is 4.23. The lowest BCUT2D eigenvalue weighted by molar-refractivity contribution is 0.0453. The van der Waals surface area contributed by atoms with Gasteiger partial charge in [0, 0.05) is 12.6 Å². The van der Waals surface area contributed by atoms with Gasteiger partial charge < -0.3 is 20.5 Å². The van der Waals surface area contributed by atoms with Gasteiger partial charge in [0.05, 0.1) is 26.4 Å². The molecular formula is C19H32IN3O2. The highest BCUT2D eigenvalue weighted by atomic mass is 127. The Bertz CT molecular complexity index is 505. The summed E-state index contributed by atoms with van der Waals surface area (Å²) in [6.45, 7) is 5.17. The average molecular weight is 461 g/mol. The minimum absolute atomic E-state index is 0. The number of benzene rings is 1. The lowest BCUT2D eigenvalue weighted by Gasteiger charge is -2.23. The molecule has 1 fully saturated rings. The Morgan fingerprint density at radius 1 is 1.16 bits per heavy atom. The Morgan fingerprint density at radius 3 is 2.64 bits per heavy atom. The van der Waals surface area contributed by atoms with E-state index >= 15 is 0 Å². The van der Waals surface area contributed by atoms with Gasteiger partial charge in [0.25, 0.3) is 0 Å². The van der Waals surface area contributed by atoms with Crippen molar-refractivity contribution in [3.63, 3.8) is 0 Å². The molecule has 1 aliphatic rings. The van der Waals surface area contributed by atoms with Crippen LogP contribution in [0.4, 0.5) is 0 Å². The van der Waals surface area contributed by atoms with Gasteiger partial charge >= 0.3 is 0 Å². The van der Waals surface area contributed by atoms with Crippen LogP contribution in [0.2, 0.25) is 0 Å². The van der Waals surface area contributed by atoms with Gasteiger partial charge in [0.1, 0.15) is 0 Å². The summed E-state index contributed by atoms with van der Waals surface area (Å²) in [5.74, 6) is 0.556. The number of nitrogens with one attached hydrogen (secondary N) is 1. The summed E-state index contributed by atoms with van der Waals surface area (Å²) in [6.07, 6.45) is 6.32. The van der Waals surface area contributed by atoms with Crippen LogP contribution in [0.3, 0.4) is 0 Å². The van der Waals surface area contributed by atoms with Crippen LogP contribution in [0.5, 0.6) is 0 Å². The highest BCUT2D eigenvalue weighted by Crippen LogP contribution is 2.17. The predicted octanol–water partition coefficient (Wildman–Crippen LogP) is 3.59. The van der Waals surface area contributed by atoms with Gasteiger partial charge in [-0.2, -0.15) is 0 Å². The van der Waals surface area contributed by atoms with Crippen LogP contribution in [0.15, 0.2) is 29.3 Å². The molecule has 0 saturated heterocycles. The van der Waals surface area contributed by atoms with Crippen molar-refractivity contribution >= 4 is 29.9 Å². The summed E-state index contributed by atoms with van der Waals surface area (Å²) in [5, 5.41) is 3.35. The lowest BCUT2D eigenvalue weighted by atomic mass is 9.96. The maximum atomic E-state index is 6.02. The molecule has 0 radical (unpaired) electrons. The van der Waals surface area contributed by atoms with E-state index in [1.807, 2.05) is 13.0 Å². The molecule has 2 rings (SSSR count). The van der Waals surface area contributed by atoms with E-state index in [0.717, 1.165) is 17.7 Å². The van der Waals surface area contributed by atoms with Crippen LogP contribution in [0, 0.1) is 0 Å². The van der Waals surface area contributed by atoms with Crippen LogP contribution < -0.4 is 11.1 Å². The number of hydrogen-bond donors (Lipinski definition) is 2. The van der Waals surface area contributed by atoms with Gasteiger partial charge in [-0.25, -0.2) is 4.99 Å². The van der Waals surface area contributed by atoms with E-state index in [9.17, 15) is 0 Å². The molecule has 0 heterocycles. The fourth-order valence-corrected chi connectivity index (χ4v) is 2.95. The molecule has 1 aliphatic carbocycles. The second kappa shape index (κ2) is 13.4. The van der Waals surface area contributed by atoms with E-state index in [2.05, 4.69) is 28.5 Å². The first kappa shape index (κ1) is 22.2. The predicted molar refractivity (Wildman–Crippen MR) is 113 cm³/mol. The molecule has 142 valence electrons. The summed E-state index contributed by atoms with van der Waals surface area (Å²) in [5.41, 5.74) is 8.32. The highest BCUT2D eigenvalue weighted by molar-refractivity contribution is 14.0. The molecular weight excluding hydrogens is 429 g/mol. The number of halogens is 1. The number of nitrogens with two attached hydrogens (primary N) is 1. The first-order chi connectivity index (χ1) is 11.8. The van der Waals surface area contributed by atoms with E-state index in [-0.39, 0.29) is 24.0 Å². The van der Waals surface area contributed by atoms with Crippen LogP contribution in [0.25, 0.3) is 0 Å². The Balaban J connectivity index is 0.00000312. The first-order valence-electron chi connectivity index (χ1n) is 9.07. The highest BCUT2D eigenvalue weighted by Gasteiger charge is 2.13. The number of nitrogens with zero attached hydrogens (tertiary/aromatic N) is 1. The number of guanidine groups is 1. The summed E-state index contributed by atoms with van der Waals surface area (Å²) >= 11 is 0. The lowest BCUT2D eigenvalue weighted by Crippen LogP contribution is -2.41. The van der Waals surface area contributed by atoms with Crippen molar-refractivity contribution in [2.24, 2.45) is 10.7 Å². The minimum atomic E-state index is 0. The Morgan fingerprint density at radius 2 is 1.88 bits per heavy atom. The molecule has 0 amide bonds. The first-order valence-corrected chi connectivity index (χ1v) is 9.07. The van der Waals surface area contributed by atoms with Crippen LogP contribution >= 0.6 is 24.0 Å². The molecule has 1 aromatic carbocycles. The molecule has 5 nitrogen and oxygen atoms in total. The van der Waals surface area contributed by atoms with E-state index < -0.39 is 0 Å². The monoisotopic (exact) mass is 461 g/mol. The largest absolute Gasteiger partial charge is 0.379 e. The molecule has 0 atom stereocenters. The summed E-state index contributed by atoms with van der Waals surface area (Å²) in [4.78, 5) is 4.47. The van der Waals surface area contributed by atoms with Crippen molar-refractivity contribution < 1.29 is 9.47 Å². The zero-order chi connectivity index (χ0) is 17.0. The van der Waals surface area contributed by atoms with Crippen molar-refractivity contribution in [3.8, 4) is 0 Å². The number of aliphatic imine (C=N–C) groups is 1. The maximum absolute atomic E-state index is 6.02. The normalized spacial score (nSPS) is 15.6. The van der Waals surface area contributed by atoms with Gasteiger partial charge in [-0.05, 0) is 30.9 Å². The topological polar surface area (TPSA) is 68.9 Å². The quantitative estimate of drug-likeness (QED) is 0.255. The number of ether oxygens (including phenoxy) is 2. The third kappa shape index (κ3) is 9.42. The standard InChI is InChI=1S/C19H31N3O2.HI/c1-2-23-11-12-24-15-17-8-6-7-16(13-17)14-21-19(20)22-18-9-4-3-5-10-18;/h6-8,13,18H,2-5,9-12,14-15H2,1H3,(H3,20,21,22);1H. The molecule has 25 heavy (non-hydrogen) atoms. The molecule has 0 bridgehead atoms. The number of rotatable bonds is 9. The summed E-state index contributed by atoms with van der Waals surface area (Å²) < 4.78 is 10.9. The zero-order valence-electron chi connectivity index (χ0n) is 15.2. The molecule has 0 spiro atoms. The maximum Gasteiger partial charge on any atom is 0.189 e. The summed E-state index contributed by atoms with van der Waals surface area (Å²) in [7, 11) is 0. The molecule has 0 aromatic heterocycles. The summed E-state index contributed by atoms with van der Waals surface area (Å²) in [6, 6.07) is 8.79. The van der Waals surface area contributed by atoms with Crippen molar-refractivity contribution in [1.82, 2.24) is 5.32 Å². The zero-order valence-corrected chi connectivity index (χ0v) is 17.5. The van der Waals surface area contributed by atoms with E-state index in [1.54, 1.807) is 0 Å². The van der Waals surface area contributed by atoms with Gasteiger partial charge in [-0.1, -0.05) is 43.5 Å². The molecule has 6 heteroatoms. The van der Waals surface area contributed by atoms with Crippen LogP contribution in [0.1, 0.15) is 50.2 Å². The Kier molecular flexibility index (Phi) is 11.9.